The first-order valence-electron chi connectivity index (χ1n) is 10.2. The number of methoxy groups -OCH3 is 1. The minimum absolute atomic E-state index is 0. The van der Waals surface area contributed by atoms with Crippen molar-refractivity contribution in [1.29, 1.82) is 0 Å². The van der Waals surface area contributed by atoms with Gasteiger partial charge in [0.15, 0.2) is 5.96 Å². The standard InChI is InChI=1S/C21H32N4O4.HI/c1-21(2,3)29-20(26)24-11-12-25-16(15-24)14-23-19(25)22-10-5-13-28-18-8-6-17(27-4)7-9-18;/h6-9,16H,5,10-15H2,1-4H3,(H,22,23);1H. The van der Waals surface area contributed by atoms with E-state index in [0.29, 0.717) is 26.2 Å². The summed E-state index contributed by atoms with van der Waals surface area (Å²) in [7, 11) is 1.65. The zero-order chi connectivity index (χ0) is 20.9. The van der Waals surface area contributed by atoms with Crippen molar-refractivity contribution in [2.24, 2.45) is 4.99 Å². The molecule has 9 heteroatoms. The van der Waals surface area contributed by atoms with Crippen molar-refractivity contribution in [3.63, 3.8) is 0 Å². The molecule has 2 heterocycles. The zero-order valence-corrected chi connectivity index (χ0v) is 20.5. The number of piperazine rings is 1. The molecule has 30 heavy (non-hydrogen) atoms. The van der Waals surface area contributed by atoms with Gasteiger partial charge in [-0.25, -0.2) is 4.79 Å². The number of ether oxygens (including phenoxy) is 3. The van der Waals surface area contributed by atoms with Gasteiger partial charge in [0.1, 0.15) is 17.1 Å². The number of fused-ring (bicyclic) bond motifs is 1. The third kappa shape index (κ3) is 6.82. The molecule has 1 aromatic rings. The molecule has 0 aliphatic carbocycles. The van der Waals surface area contributed by atoms with E-state index in [1.165, 1.54) is 0 Å². The lowest BCUT2D eigenvalue weighted by atomic mass is 10.2. The largest absolute Gasteiger partial charge is 0.497 e. The first-order chi connectivity index (χ1) is 13.9. The van der Waals surface area contributed by atoms with Gasteiger partial charge in [-0.15, -0.1) is 24.0 Å². The molecule has 0 radical (unpaired) electrons. The lowest BCUT2D eigenvalue weighted by Gasteiger charge is -2.39. The smallest absolute Gasteiger partial charge is 0.410 e. The van der Waals surface area contributed by atoms with Gasteiger partial charge in [0.2, 0.25) is 0 Å². The van der Waals surface area contributed by atoms with Gasteiger partial charge < -0.3 is 29.3 Å². The molecule has 2 aliphatic rings. The second-order valence-corrected chi connectivity index (χ2v) is 8.24. The molecule has 0 saturated carbocycles. The minimum Gasteiger partial charge on any atom is -0.497 e. The van der Waals surface area contributed by atoms with Crippen molar-refractivity contribution in [2.75, 3.05) is 46.4 Å². The molecule has 1 atom stereocenters. The molecule has 1 unspecified atom stereocenters. The van der Waals surface area contributed by atoms with Crippen LogP contribution in [0.3, 0.4) is 0 Å². The molecule has 0 bridgehead atoms. The first kappa shape index (κ1) is 24.4. The lowest BCUT2D eigenvalue weighted by Crippen LogP contribution is -2.57. The fraction of sp³-hybridized carbons (Fsp3) is 0.619. The molecule has 1 N–H and O–H groups in total. The van der Waals surface area contributed by atoms with Gasteiger partial charge in [-0.2, -0.15) is 0 Å². The van der Waals surface area contributed by atoms with E-state index >= 15 is 0 Å². The van der Waals surface area contributed by atoms with Crippen molar-refractivity contribution in [1.82, 2.24) is 15.1 Å². The number of rotatable bonds is 6. The number of nitrogens with one attached hydrogen (secondary N) is 1. The number of guanidine groups is 1. The maximum Gasteiger partial charge on any atom is 0.410 e. The average Bonchev–Trinajstić information content (AvgIpc) is 3.09. The Labute approximate surface area is 196 Å². The summed E-state index contributed by atoms with van der Waals surface area (Å²) in [5.74, 6) is 2.57. The van der Waals surface area contributed by atoms with Gasteiger partial charge in [-0.3, -0.25) is 4.99 Å². The van der Waals surface area contributed by atoms with E-state index in [-0.39, 0.29) is 36.1 Å². The molecule has 2 aliphatic heterocycles. The molecule has 168 valence electrons. The molecule has 0 aromatic heterocycles. The van der Waals surface area contributed by atoms with Crippen molar-refractivity contribution in [3.05, 3.63) is 24.3 Å². The fourth-order valence-corrected chi connectivity index (χ4v) is 3.36. The van der Waals surface area contributed by atoms with Crippen LogP contribution in [0.4, 0.5) is 4.79 Å². The Morgan fingerprint density at radius 1 is 1.20 bits per heavy atom. The van der Waals surface area contributed by atoms with E-state index in [1.807, 2.05) is 45.0 Å². The van der Waals surface area contributed by atoms with Crippen LogP contribution in [0.1, 0.15) is 27.2 Å². The highest BCUT2D eigenvalue weighted by Crippen LogP contribution is 2.19. The van der Waals surface area contributed by atoms with Gasteiger partial charge >= 0.3 is 6.09 Å². The van der Waals surface area contributed by atoms with E-state index in [2.05, 4.69) is 15.2 Å². The highest BCUT2D eigenvalue weighted by molar-refractivity contribution is 14.0. The predicted octanol–water partition coefficient (Wildman–Crippen LogP) is 2.96. The van der Waals surface area contributed by atoms with Gasteiger partial charge in [-0.05, 0) is 51.5 Å². The summed E-state index contributed by atoms with van der Waals surface area (Å²) in [6, 6.07) is 7.80. The van der Waals surface area contributed by atoms with E-state index in [4.69, 9.17) is 14.2 Å². The maximum atomic E-state index is 12.3. The quantitative estimate of drug-likeness (QED) is 0.449. The number of hydrogen-bond acceptors (Lipinski definition) is 7. The second-order valence-electron chi connectivity index (χ2n) is 8.24. The SMILES string of the molecule is COc1ccc(OCCCNC2=NCC3CN(C(=O)OC(C)(C)C)CCN23)cc1.I. The van der Waals surface area contributed by atoms with Crippen LogP contribution in [0.2, 0.25) is 0 Å². The van der Waals surface area contributed by atoms with E-state index in [1.54, 1.807) is 12.0 Å². The van der Waals surface area contributed by atoms with E-state index in [9.17, 15) is 4.79 Å². The zero-order valence-electron chi connectivity index (χ0n) is 18.2. The Balaban J connectivity index is 0.00000320. The number of benzene rings is 1. The van der Waals surface area contributed by atoms with Crippen molar-refractivity contribution in [2.45, 2.75) is 38.8 Å². The number of hydrogen-bond donors (Lipinski definition) is 1. The summed E-state index contributed by atoms with van der Waals surface area (Å²) >= 11 is 0. The normalized spacial score (nSPS) is 18.1. The summed E-state index contributed by atoms with van der Waals surface area (Å²) in [5.41, 5.74) is -0.471. The molecule has 8 nitrogen and oxygen atoms in total. The van der Waals surface area contributed by atoms with Crippen LogP contribution in [-0.4, -0.2) is 79.9 Å². The van der Waals surface area contributed by atoms with Crippen molar-refractivity contribution < 1.29 is 19.0 Å². The maximum absolute atomic E-state index is 12.3. The van der Waals surface area contributed by atoms with Gasteiger partial charge in [0.05, 0.1) is 26.3 Å². The van der Waals surface area contributed by atoms with Crippen LogP contribution in [0.15, 0.2) is 29.3 Å². The number of carbonyl (C=O) groups excluding carboxylic acids is 1. The minimum atomic E-state index is -0.471. The number of nitrogens with zero attached hydrogens (tertiary/aromatic N) is 3. The molecule has 3 rings (SSSR count). The first-order valence-corrected chi connectivity index (χ1v) is 10.2. The topological polar surface area (TPSA) is 75.6 Å². The number of carbonyl (C=O) groups is 1. The molecule has 1 saturated heterocycles. The molecule has 1 fully saturated rings. The summed E-state index contributed by atoms with van der Waals surface area (Å²) in [5, 5.41) is 3.41. The van der Waals surface area contributed by atoms with Crippen LogP contribution in [-0.2, 0) is 4.74 Å². The van der Waals surface area contributed by atoms with E-state index in [0.717, 1.165) is 37.0 Å². The second kappa shape index (κ2) is 10.9. The summed E-state index contributed by atoms with van der Waals surface area (Å²) in [6.45, 7) is 9.83. The molecular weight excluding hydrogens is 499 g/mol. The number of halogens is 1. The highest BCUT2D eigenvalue weighted by Gasteiger charge is 2.36. The van der Waals surface area contributed by atoms with Gasteiger partial charge in [-0.1, -0.05) is 0 Å². The van der Waals surface area contributed by atoms with Crippen LogP contribution in [0.25, 0.3) is 0 Å². The van der Waals surface area contributed by atoms with Crippen LogP contribution in [0.5, 0.6) is 11.5 Å². The third-order valence-electron chi connectivity index (χ3n) is 4.79. The number of amides is 1. The highest BCUT2D eigenvalue weighted by atomic mass is 127. The summed E-state index contributed by atoms with van der Waals surface area (Å²) in [6.07, 6.45) is 0.627. The lowest BCUT2D eigenvalue weighted by molar-refractivity contribution is 0.0137. The van der Waals surface area contributed by atoms with Crippen LogP contribution >= 0.6 is 24.0 Å². The molecule has 0 spiro atoms. The van der Waals surface area contributed by atoms with Gasteiger partial charge in [0, 0.05) is 26.2 Å². The van der Waals surface area contributed by atoms with Gasteiger partial charge in [0.25, 0.3) is 0 Å². The summed E-state index contributed by atoms with van der Waals surface area (Å²) in [4.78, 5) is 21.0. The molecule has 1 aromatic carbocycles. The Morgan fingerprint density at radius 3 is 2.57 bits per heavy atom. The summed E-state index contributed by atoms with van der Waals surface area (Å²) < 4.78 is 16.4. The monoisotopic (exact) mass is 532 g/mol. The van der Waals surface area contributed by atoms with Crippen molar-refractivity contribution in [3.8, 4) is 11.5 Å². The van der Waals surface area contributed by atoms with Crippen LogP contribution < -0.4 is 14.8 Å². The predicted molar refractivity (Wildman–Crippen MR) is 127 cm³/mol. The Hall–Kier alpha value is -1.91. The Morgan fingerprint density at radius 2 is 1.90 bits per heavy atom. The molecule has 1 amide bonds. The fourth-order valence-electron chi connectivity index (χ4n) is 3.36. The Kier molecular flexibility index (Phi) is 8.87. The van der Waals surface area contributed by atoms with E-state index < -0.39 is 5.60 Å². The van der Waals surface area contributed by atoms with Crippen LogP contribution in [0, 0.1) is 0 Å². The molecular formula is C21H33IN4O4. The Bertz CT molecular complexity index is 721. The third-order valence-corrected chi connectivity index (χ3v) is 4.79. The number of aliphatic imine (C=N–C) groups is 1. The average molecular weight is 532 g/mol. The van der Waals surface area contributed by atoms with Crippen molar-refractivity contribution >= 4 is 36.0 Å².